The molecule has 20 heavy (non-hydrogen) atoms. The second-order valence-electron chi connectivity index (χ2n) is 3.78. The van der Waals surface area contributed by atoms with Crippen LogP contribution in [-0.4, -0.2) is 55.4 Å². The van der Waals surface area contributed by atoms with Gasteiger partial charge >= 0.3 is 0 Å². The summed E-state index contributed by atoms with van der Waals surface area (Å²) in [7, 11) is 1.59. The normalized spacial score (nSPS) is 11.3. The fraction of sp³-hybridized carbons (Fsp3) is 0.417. The lowest BCUT2D eigenvalue weighted by molar-refractivity contribution is 0.0692. The van der Waals surface area contributed by atoms with Crippen LogP contribution in [0.4, 0.5) is 0 Å². The zero-order valence-electron chi connectivity index (χ0n) is 11.2. The van der Waals surface area contributed by atoms with E-state index in [4.69, 9.17) is 20.4 Å². The summed E-state index contributed by atoms with van der Waals surface area (Å²) in [6.07, 6.45) is 1.36. The number of nitrogens with two attached hydrogens (primary N) is 1. The first-order valence-corrected chi connectivity index (χ1v) is 5.98. The van der Waals surface area contributed by atoms with Gasteiger partial charge in [0.15, 0.2) is 5.84 Å². The van der Waals surface area contributed by atoms with E-state index in [0.29, 0.717) is 31.9 Å². The van der Waals surface area contributed by atoms with Crippen molar-refractivity contribution in [1.29, 1.82) is 0 Å². The summed E-state index contributed by atoms with van der Waals surface area (Å²) in [6, 6.07) is 3.04. The number of carbonyl (C=O) groups is 1. The highest BCUT2D eigenvalue weighted by Gasteiger charge is 2.07. The summed E-state index contributed by atoms with van der Waals surface area (Å²) in [5.74, 6) is -0.373. The van der Waals surface area contributed by atoms with Crippen LogP contribution in [-0.2, 0) is 9.47 Å². The number of amides is 1. The smallest absolute Gasteiger partial charge is 0.269 e. The first-order valence-electron chi connectivity index (χ1n) is 5.98. The minimum atomic E-state index is -0.314. The predicted octanol–water partition coefficient (Wildman–Crippen LogP) is -0.431. The lowest BCUT2D eigenvalue weighted by Crippen LogP contribution is -2.28. The van der Waals surface area contributed by atoms with E-state index >= 15 is 0 Å². The van der Waals surface area contributed by atoms with Crippen molar-refractivity contribution in [3.05, 3.63) is 29.6 Å². The molecule has 0 spiro atoms. The number of oxime groups is 1. The topological polar surface area (TPSA) is 119 Å². The summed E-state index contributed by atoms with van der Waals surface area (Å²) < 4.78 is 10.0. The van der Waals surface area contributed by atoms with Crippen LogP contribution in [0.3, 0.4) is 0 Å². The second-order valence-corrected chi connectivity index (χ2v) is 3.78. The van der Waals surface area contributed by atoms with Crippen LogP contribution in [0.2, 0.25) is 0 Å². The van der Waals surface area contributed by atoms with Gasteiger partial charge in [-0.2, -0.15) is 0 Å². The number of aromatic nitrogens is 1. The van der Waals surface area contributed by atoms with Crippen LogP contribution in [0.25, 0.3) is 0 Å². The Balaban J connectivity index is 2.36. The maximum Gasteiger partial charge on any atom is 0.269 e. The van der Waals surface area contributed by atoms with Gasteiger partial charge in [0.05, 0.1) is 19.8 Å². The molecule has 0 atom stereocenters. The Hall–Kier alpha value is -2.19. The van der Waals surface area contributed by atoms with E-state index in [0.717, 1.165) is 0 Å². The van der Waals surface area contributed by atoms with Gasteiger partial charge in [-0.25, -0.2) is 0 Å². The fourth-order valence-corrected chi connectivity index (χ4v) is 1.31. The van der Waals surface area contributed by atoms with Gasteiger partial charge in [0.25, 0.3) is 5.91 Å². The molecule has 1 amide bonds. The molecule has 0 aromatic carbocycles. The summed E-state index contributed by atoms with van der Waals surface area (Å²) in [6.45, 7) is 1.79. The number of hydrogen-bond acceptors (Lipinski definition) is 6. The van der Waals surface area contributed by atoms with Crippen LogP contribution in [0.5, 0.6) is 0 Å². The molecule has 0 aliphatic carbocycles. The minimum Gasteiger partial charge on any atom is -0.409 e. The first-order chi connectivity index (χ1) is 9.69. The maximum absolute atomic E-state index is 11.7. The lowest BCUT2D eigenvalue weighted by atomic mass is 10.2. The van der Waals surface area contributed by atoms with Gasteiger partial charge in [0.2, 0.25) is 0 Å². The molecule has 4 N–H and O–H groups in total. The number of rotatable bonds is 8. The van der Waals surface area contributed by atoms with Crippen LogP contribution in [0, 0.1) is 0 Å². The van der Waals surface area contributed by atoms with E-state index in [1.807, 2.05) is 0 Å². The third kappa shape index (κ3) is 5.21. The molecule has 1 aromatic rings. The molecule has 0 aliphatic rings. The molecule has 0 bridgehead atoms. The Labute approximate surface area is 116 Å². The molecule has 1 aromatic heterocycles. The Morgan fingerprint density at radius 1 is 1.45 bits per heavy atom. The molecule has 1 rings (SSSR count). The molecule has 0 aliphatic heterocycles. The highest BCUT2D eigenvalue weighted by atomic mass is 16.5. The van der Waals surface area contributed by atoms with Gasteiger partial charge in [-0.3, -0.25) is 9.78 Å². The van der Waals surface area contributed by atoms with Crippen LogP contribution < -0.4 is 11.1 Å². The molecule has 1 heterocycles. The van der Waals surface area contributed by atoms with Crippen molar-refractivity contribution in [3.63, 3.8) is 0 Å². The molecule has 0 unspecified atom stereocenters. The van der Waals surface area contributed by atoms with Crippen molar-refractivity contribution < 1.29 is 19.5 Å². The van der Waals surface area contributed by atoms with Crippen LogP contribution in [0.1, 0.15) is 16.1 Å². The van der Waals surface area contributed by atoms with Crippen molar-refractivity contribution >= 4 is 11.7 Å². The van der Waals surface area contributed by atoms with E-state index in [1.54, 1.807) is 13.2 Å². The van der Waals surface area contributed by atoms with Crippen molar-refractivity contribution in [2.45, 2.75) is 0 Å². The largest absolute Gasteiger partial charge is 0.409 e. The number of carbonyl (C=O) groups excluding carboxylic acids is 1. The SMILES string of the molecule is COCCOCCNC(=O)c1ccc(C(N)=NO)cn1. The van der Waals surface area contributed by atoms with Crippen molar-refractivity contribution in [3.8, 4) is 0 Å². The quantitative estimate of drug-likeness (QED) is 0.196. The van der Waals surface area contributed by atoms with E-state index < -0.39 is 0 Å². The van der Waals surface area contributed by atoms with Crippen LogP contribution >= 0.6 is 0 Å². The Morgan fingerprint density at radius 3 is 2.85 bits per heavy atom. The van der Waals surface area contributed by atoms with Gasteiger partial charge in [-0.15, -0.1) is 0 Å². The van der Waals surface area contributed by atoms with Gasteiger partial charge in [-0.1, -0.05) is 5.16 Å². The summed E-state index contributed by atoms with van der Waals surface area (Å²) in [5.41, 5.74) is 6.07. The number of ether oxygens (including phenoxy) is 2. The Kier molecular flexibility index (Phi) is 7.01. The number of nitrogens with one attached hydrogen (secondary N) is 1. The second kappa shape index (κ2) is 8.83. The number of nitrogens with zero attached hydrogens (tertiary/aromatic N) is 2. The van der Waals surface area contributed by atoms with Crippen molar-refractivity contribution in [1.82, 2.24) is 10.3 Å². The minimum absolute atomic E-state index is 0.0593. The highest BCUT2D eigenvalue weighted by molar-refractivity contribution is 5.98. The fourth-order valence-electron chi connectivity index (χ4n) is 1.31. The van der Waals surface area contributed by atoms with Gasteiger partial charge in [-0.05, 0) is 12.1 Å². The monoisotopic (exact) mass is 282 g/mol. The summed E-state index contributed by atoms with van der Waals surface area (Å²) in [5, 5.41) is 14.0. The average molecular weight is 282 g/mol. The zero-order valence-corrected chi connectivity index (χ0v) is 11.2. The molecule has 0 radical (unpaired) electrons. The number of hydrogen-bond donors (Lipinski definition) is 3. The van der Waals surface area contributed by atoms with E-state index in [1.165, 1.54) is 12.3 Å². The molecule has 8 nitrogen and oxygen atoms in total. The third-order valence-electron chi connectivity index (χ3n) is 2.36. The van der Waals surface area contributed by atoms with E-state index in [-0.39, 0.29) is 17.4 Å². The third-order valence-corrected chi connectivity index (χ3v) is 2.36. The standard InChI is InChI=1S/C12H18N4O4/c1-19-6-7-20-5-4-14-12(17)10-3-2-9(8-15-10)11(13)16-18/h2-3,8,18H,4-7H2,1H3,(H2,13,16)(H,14,17). The van der Waals surface area contributed by atoms with E-state index in [2.05, 4.69) is 15.5 Å². The lowest BCUT2D eigenvalue weighted by Gasteiger charge is -2.06. The summed E-state index contributed by atoms with van der Waals surface area (Å²) >= 11 is 0. The molecular weight excluding hydrogens is 264 g/mol. The maximum atomic E-state index is 11.7. The van der Waals surface area contributed by atoms with Crippen molar-refractivity contribution in [2.75, 3.05) is 33.5 Å². The summed E-state index contributed by atoms with van der Waals surface area (Å²) in [4.78, 5) is 15.7. The highest BCUT2D eigenvalue weighted by Crippen LogP contribution is 2.00. The molecule has 110 valence electrons. The number of pyridine rings is 1. The first kappa shape index (κ1) is 15.9. The van der Waals surface area contributed by atoms with Crippen LogP contribution in [0.15, 0.2) is 23.5 Å². The molecule has 8 heteroatoms. The molecular formula is C12H18N4O4. The Bertz CT molecular complexity index is 447. The molecule has 0 saturated carbocycles. The number of amidine groups is 1. The predicted molar refractivity (Wildman–Crippen MR) is 71.8 cm³/mol. The van der Waals surface area contributed by atoms with Gasteiger partial charge in [0.1, 0.15) is 5.69 Å². The Morgan fingerprint density at radius 2 is 2.25 bits per heavy atom. The zero-order chi connectivity index (χ0) is 14.8. The van der Waals surface area contributed by atoms with Gasteiger partial charge in [0, 0.05) is 25.4 Å². The number of methoxy groups -OCH3 is 1. The van der Waals surface area contributed by atoms with Gasteiger partial charge < -0.3 is 25.7 Å². The van der Waals surface area contributed by atoms with Crippen molar-refractivity contribution in [2.24, 2.45) is 10.9 Å². The average Bonchev–Trinajstić information content (AvgIpc) is 2.50. The molecule has 0 fully saturated rings. The van der Waals surface area contributed by atoms with E-state index in [9.17, 15) is 4.79 Å². The molecule has 0 saturated heterocycles.